The molecule has 2 aromatic rings. The molecule has 120 valence electrons. The maximum absolute atomic E-state index is 12.6. The third kappa shape index (κ3) is 5.36. The predicted octanol–water partition coefficient (Wildman–Crippen LogP) is 2.95. The molecule has 0 radical (unpaired) electrons. The van der Waals surface area contributed by atoms with Gasteiger partial charge in [-0.1, -0.05) is 6.07 Å². The second-order valence-electron chi connectivity index (χ2n) is 4.76. The summed E-state index contributed by atoms with van der Waals surface area (Å²) < 4.78 is 37.7. The van der Waals surface area contributed by atoms with Gasteiger partial charge in [0.25, 0.3) is 0 Å². The molecule has 22 heavy (non-hydrogen) atoms. The Morgan fingerprint density at radius 1 is 1.27 bits per heavy atom. The van der Waals surface area contributed by atoms with E-state index in [1.54, 1.807) is 17.6 Å². The number of aromatic nitrogens is 2. The van der Waals surface area contributed by atoms with E-state index < -0.39 is 12.7 Å². The molecule has 0 unspecified atom stereocenters. The van der Waals surface area contributed by atoms with Crippen LogP contribution in [-0.4, -0.2) is 45.8 Å². The van der Waals surface area contributed by atoms with Crippen LogP contribution < -0.4 is 0 Å². The molecular formula is C14H16F3N3OS. The van der Waals surface area contributed by atoms with Gasteiger partial charge in [-0.25, -0.2) is 4.98 Å². The third-order valence-electron chi connectivity index (χ3n) is 2.86. The van der Waals surface area contributed by atoms with Crippen LogP contribution in [0.15, 0.2) is 29.8 Å². The summed E-state index contributed by atoms with van der Waals surface area (Å²) in [6.45, 7) is -0.872. The van der Waals surface area contributed by atoms with Crippen molar-refractivity contribution in [1.29, 1.82) is 0 Å². The fourth-order valence-corrected chi connectivity index (χ4v) is 2.76. The molecule has 0 atom stereocenters. The Morgan fingerprint density at radius 3 is 2.73 bits per heavy atom. The van der Waals surface area contributed by atoms with Crippen molar-refractivity contribution in [2.45, 2.75) is 19.1 Å². The van der Waals surface area contributed by atoms with Crippen LogP contribution in [0.4, 0.5) is 13.2 Å². The Hall–Kier alpha value is -1.51. The van der Waals surface area contributed by atoms with E-state index in [1.807, 2.05) is 12.1 Å². The highest BCUT2D eigenvalue weighted by molar-refractivity contribution is 7.13. The van der Waals surface area contributed by atoms with Gasteiger partial charge in [0.2, 0.25) is 0 Å². The van der Waals surface area contributed by atoms with Crippen molar-refractivity contribution >= 4 is 11.3 Å². The largest absolute Gasteiger partial charge is 0.401 e. The third-order valence-corrected chi connectivity index (χ3v) is 3.77. The van der Waals surface area contributed by atoms with Crippen molar-refractivity contribution < 1.29 is 18.3 Å². The van der Waals surface area contributed by atoms with E-state index in [4.69, 9.17) is 5.11 Å². The van der Waals surface area contributed by atoms with Crippen molar-refractivity contribution in [3.05, 3.63) is 35.5 Å². The molecule has 0 amide bonds. The zero-order chi connectivity index (χ0) is 16.0. The van der Waals surface area contributed by atoms with Crippen molar-refractivity contribution in [3.63, 3.8) is 0 Å². The first-order chi connectivity index (χ1) is 10.5. The number of nitrogens with zero attached hydrogens (tertiary/aromatic N) is 3. The highest BCUT2D eigenvalue weighted by Gasteiger charge is 2.30. The fourth-order valence-electron chi connectivity index (χ4n) is 1.98. The summed E-state index contributed by atoms with van der Waals surface area (Å²) in [5.74, 6) is 0. The van der Waals surface area contributed by atoms with Crippen LogP contribution in [-0.2, 0) is 6.54 Å². The molecule has 2 rings (SSSR count). The molecule has 0 fully saturated rings. The van der Waals surface area contributed by atoms with Gasteiger partial charge in [0.05, 0.1) is 17.9 Å². The van der Waals surface area contributed by atoms with Gasteiger partial charge in [-0.3, -0.25) is 9.88 Å². The first-order valence-electron chi connectivity index (χ1n) is 6.74. The van der Waals surface area contributed by atoms with Gasteiger partial charge in [-0.2, -0.15) is 13.2 Å². The zero-order valence-electron chi connectivity index (χ0n) is 11.8. The van der Waals surface area contributed by atoms with E-state index in [2.05, 4.69) is 9.97 Å². The molecule has 0 saturated carbocycles. The topological polar surface area (TPSA) is 49.2 Å². The highest BCUT2D eigenvalue weighted by Crippen LogP contribution is 2.23. The Balaban J connectivity index is 2.05. The summed E-state index contributed by atoms with van der Waals surface area (Å²) in [5.41, 5.74) is 1.28. The standard InChI is InChI=1S/C14H16F3N3OS/c15-14(16,17)10-20(6-3-7-21)8-11-9-22-13(19-11)12-4-1-2-5-18-12/h1-2,4-5,9,21H,3,6-8,10H2. The molecule has 0 spiro atoms. The lowest BCUT2D eigenvalue weighted by atomic mass is 10.3. The number of aliphatic hydroxyl groups excluding tert-OH is 1. The second-order valence-corrected chi connectivity index (χ2v) is 5.62. The Bertz CT molecular complexity index is 574. The van der Waals surface area contributed by atoms with Gasteiger partial charge < -0.3 is 5.11 Å². The highest BCUT2D eigenvalue weighted by atomic mass is 32.1. The van der Waals surface area contributed by atoms with Crippen LogP contribution in [0.2, 0.25) is 0 Å². The minimum atomic E-state index is -4.27. The van der Waals surface area contributed by atoms with E-state index in [0.29, 0.717) is 22.8 Å². The number of rotatable bonds is 7. The van der Waals surface area contributed by atoms with Crippen molar-refractivity contribution in [2.24, 2.45) is 0 Å². The van der Waals surface area contributed by atoms with Crippen LogP contribution in [0.25, 0.3) is 10.7 Å². The van der Waals surface area contributed by atoms with Gasteiger partial charge in [-0.15, -0.1) is 11.3 Å². The van der Waals surface area contributed by atoms with E-state index in [-0.39, 0.29) is 19.7 Å². The Morgan fingerprint density at radius 2 is 2.09 bits per heavy atom. The van der Waals surface area contributed by atoms with Crippen LogP contribution in [0.3, 0.4) is 0 Å². The van der Waals surface area contributed by atoms with E-state index in [1.165, 1.54) is 16.2 Å². The SMILES string of the molecule is OCCCN(Cc1csc(-c2ccccn2)n1)CC(F)(F)F. The van der Waals surface area contributed by atoms with Gasteiger partial charge in [0, 0.05) is 31.3 Å². The lowest BCUT2D eigenvalue weighted by Crippen LogP contribution is -2.35. The van der Waals surface area contributed by atoms with Crippen molar-refractivity contribution in [1.82, 2.24) is 14.9 Å². The lowest BCUT2D eigenvalue weighted by molar-refractivity contribution is -0.147. The number of aliphatic hydroxyl groups is 1. The van der Waals surface area contributed by atoms with E-state index >= 15 is 0 Å². The maximum Gasteiger partial charge on any atom is 0.401 e. The number of pyridine rings is 1. The normalized spacial score (nSPS) is 12.0. The van der Waals surface area contributed by atoms with Crippen molar-refractivity contribution in [2.75, 3.05) is 19.7 Å². The molecule has 2 heterocycles. The van der Waals surface area contributed by atoms with Gasteiger partial charge >= 0.3 is 6.18 Å². The lowest BCUT2D eigenvalue weighted by Gasteiger charge is -2.22. The summed E-state index contributed by atoms with van der Waals surface area (Å²) in [6, 6.07) is 5.43. The summed E-state index contributed by atoms with van der Waals surface area (Å²) >= 11 is 1.36. The first-order valence-corrected chi connectivity index (χ1v) is 7.61. The summed E-state index contributed by atoms with van der Waals surface area (Å²) in [6.07, 6.45) is -2.32. The number of hydrogen-bond acceptors (Lipinski definition) is 5. The number of thiazole rings is 1. The number of hydrogen-bond donors (Lipinski definition) is 1. The molecule has 0 bridgehead atoms. The molecule has 0 aliphatic rings. The van der Waals surface area contributed by atoms with Crippen LogP contribution in [0.1, 0.15) is 12.1 Å². The number of alkyl halides is 3. The Kier molecular flexibility index (Phi) is 5.87. The average molecular weight is 331 g/mol. The van der Waals surface area contributed by atoms with Gasteiger partial charge in [0.15, 0.2) is 0 Å². The molecular weight excluding hydrogens is 315 g/mol. The fraction of sp³-hybridized carbons (Fsp3) is 0.429. The summed E-state index contributed by atoms with van der Waals surface area (Å²) in [7, 11) is 0. The summed E-state index contributed by atoms with van der Waals surface area (Å²) in [4.78, 5) is 9.76. The van der Waals surface area contributed by atoms with E-state index in [0.717, 1.165) is 0 Å². The Labute approximate surface area is 130 Å². The second kappa shape index (κ2) is 7.66. The molecule has 1 N–H and O–H groups in total. The summed E-state index contributed by atoms with van der Waals surface area (Å²) in [5, 5.41) is 11.2. The minimum absolute atomic E-state index is 0.100. The minimum Gasteiger partial charge on any atom is -0.396 e. The smallest absolute Gasteiger partial charge is 0.396 e. The van der Waals surface area contributed by atoms with E-state index in [9.17, 15) is 13.2 Å². The van der Waals surface area contributed by atoms with Gasteiger partial charge in [0.1, 0.15) is 5.01 Å². The van der Waals surface area contributed by atoms with Crippen LogP contribution in [0.5, 0.6) is 0 Å². The molecule has 0 saturated heterocycles. The first kappa shape index (κ1) is 16.9. The van der Waals surface area contributed by atoms with Gasteiger partial charge in [-0.05, 0) is 18.6 Å². The van der Waals surface area contributed by atoms with Crippen LogP contribution >= 0.6 is 11.3 Å². The monoisotopic (exact) mass is 331 g/mol. The molecule has 8 heteroatoms. The maximum atomic E-state index is 12.6. The molecule has 0 aromatic carbocycles. The van der Waals surface area contributed by atoms with Crippen molar-refractivity contribution in [3.8, 4) is 10.7 Å². The predicted molar refractivity (Wildman–Crippen MR) is 78.4 cm³/mol. The molecule has 2 aromatic heterocycles. The molecule has 0 aliphatic carbocycles. The molecule has 0 aliphatic heterocycles. The quantitative estimate of drug-likeness (QED) is 0.847. The number of halogens is 3. The van der Waals surface area contributed by atoms with Crippen LogP contribution in [0, 0.1) is 0 Å². The zero-order valence-corrected chi connectivity index (χ0v) is 12.6. The average Bonchev–Trinajstić information content (AvgIpc) is 2.93. The molecule has 4 nitrogen and oxygen atoms in total.